The summed E-state index contributed by atoms with van der Waals surface area (Å²) in [7, 11) is 0. The molecule has 0 fully saturated rings. The van der Waals surface area contributed by atoms with Crippen molar-refractivity contribution in [3.8, 4) is 11.3 Å². The topological polar surface area (TPSA) is 40.7 Å². The molecule has 0 aliphatic carbocycles. The molecule has 3 nitrogen and oxygen atoms in total. The number of anilines is 1. The Labute approximate surface area is 129 Å². The van der Waals surface area contributed by atoms with Crippen molar-refractivity contribution in [2.24, 2.45) is 0 Å². The summed E-state index contributed by atoms with van der Waals surface area (Å²) in [5.41, 5.74) is 4.34. The molecule has 0 bridgehead atoms. The number of halogens is 1. The van der Waals surface area contributed by atoms with Gasteiger partial charge in [-0.25, -0.2) is 0 Å². The molecule has 0 amide bonds. The smallest absolute Gasteiger partial charge is 0.0650 e. The molecule has 1 unspecified atom stereocenters. The third-order valence-corrected chi connectivity index (χ3v) is 3.64. The molecular formula is C17H16ClN3. The van der Waals surface area contributed by atoms with Gasteiger partial charge >= 0.3 is 0 Å². The molecule has 4 heteroatoms. The SMILES string of the molecule is CC(Nc1cccc(-c2ccn[nH]2)c1)c1cccc(Cl)c1. The lowest BCUT2D eigenvalue weighted by atomic mass is 10.1. The van der Waals surface area contributed by atoms with Gasteiger partial charge in [0.25, 0.3) is 0 Å². The number of aromatic nitrogens is 2. The molecule has 21 heavy (non-hydrogen) atoms. The van der Waals surface area contributed by atoms with Crippen molar-refractivity contribution in [1.29, 1.82) is 0 Å². The summed E-state index contributed by atoms with van der Waals surface area (Å²) in [4.78, 5) is 0. The minimum absolute atomic E-state index is 0.181. The molecule has 106 valence electrons. The monoisotopic (exact) mass is 297 g/mol. The Morgan fingerprint density at radius 1 is 1.10 bits per heavy atom. The third kappa shape index (κ3) is 3.26. The fourth-order valence-corrected chi connectivity index (χ4v) is 2.50. The second-order valence-corrected chi connectivity index (χ2v) is 5.41. The summed E-state index contributed by atoms with van der Waals surface area (Å²) in [5.74, 6) is 0. The van der Waals surface area contributed by atoms with E-state index in [1.165, 1.54) is 0 Å². The Balaban J connectivity index is 1.80. The number of rotatable bonds is 4. The number of H-pyrrole nitrogens is 1. The van der Waals surface area contributed by atoms with Crippen molar-refractivity contribution in [2.45, 2.75) is 13.0 Å². The van der Waals surface area contributed by atoms with Gasteiger partial charge in [-0.1, -0.05) is 35.9 Å². The number of benzene rings is 2. The molecular weight excluding hydrogens is 282 g/mol. The van der Waals surface area contributed by atoms with Crippen molar-refractivity contribution in [2.75, 3.05) is 5.32 Å². The maximum Gasteiger partial charge on any atom is 0.0650 e. The summed E-state index contributed by atoms with van der Waals surface area (Å²) in [6, 6.07) is 18.3. The summed E-state index contributed by atoms with van der Waals surface area (Å²) >= 11 is 6.05. The van der Waals surface area contributed by atoms with Crippen LogP contribution in [0, 0.1) is 0 Å². The quantitative estimate of drug-likeness (QED) is 0.719. The molecule has 1 aromatic heterocycles. The van der Waals surface area contributed by atoms with Crippen molar-refractivity contribution in [3.05, 3.63) is 71.4 Å². The molecule has 2 aromatic carbocycles. The average molecular weight is 298 g/mol. The summed E-state index contributed by atoms with van der Waals surface area (Å²) in [6.45, 7) is 2.12. The molecule has 0 saturated carbocycles. The minimum Gasteiger partial charge on any atom is -0.379 e. The van der Waals surface area contributed by atoms with Crippen LogP contribution in [0.4, 0.5) is 5.69 Å². The zero-order valence-electron chi connectivity index (χ0n) is 11.7. The van der Waals surface area contributed by atoms with E-state index >= 15 is 0 Å². The van der Waals surface area contributed by atoms with Crippen LogP contribution >= 0.6 is 11.6 Å². The van der Waals surface area contributed by atoms with Gasteiger partial charge in [-0.3, -0.25) is 5.10 Å². The van der Waals surface area contributed by atoms with E-state index in [2.05, 4.69) is 46.7 Å². The summed E-state index contributed by atoms with van der Waals surface area (Å²) in [5, 5.41) is 11.2. The highest BCUT2D eigenvalue weighted by Crippen LogP contribution is 2.25. The second kappa shape index (κ2) is 6.02. The predicted molar refractivity (Wildman–Crippen MR) is 87.5 cm³/mol. The maximum atomic E-state index is 6.05. The van der Waals surface area contributed by atoms with Crippen LogP contribution in [-0.2, 0) is 0 Å². The van der Waals surface area contributed by atoms with E-state index in [1.807, 2.05) is 30.3 Å². The molecule has 0 saturated heterocycles. The Bertz CT molecular complexity index is 722. The fourth-order valence-electron chi connectivity index (χ4n) is 2.30. The Morgan fingerprint density at radius 3 is 2.71 bits per heavy atom. The van der Waals surface area contributed by atoms with E-state index in [-0.39, 0.29) is 6.04 Å². The normalized spacial score (nSPS) is 12.1. The van der Waals surface area contributed by atoms with Crippen LogP contribution in [0.5, 0.6) is 0 Å². The lowest BCUT2D eigenvalue weighted by Gasteiger charge is -2.16. The van der Waals surface area contributed by atoms with Crippen LogP contribution in [-0.4, -0.2) is 10.2 Å². The lowest BCUT2D eigenvalue weighted by molar-refractivity contribution is 0.885. The molecule has 0 spiro atoms. The van der Waals surface area contributed by atoms with E-state index in [4.69, 9.17) is 11.6 Å². The van der Waals surface area contributed by atoms with E-state index in [9.17, 15) is 0 Å². The number of aromatic amines is 1. The number of hydrogen-bond donors (Lipinski definition) is 2. The first kappa shape index (κ1) is 13.7. The van der Waals surface area contributed by atoms with E-state index in [1.54, 1.807) is 6.20 Å². The molecule has 0 aliphatic rings. The predicted octanol–water partition coefficient (Wildman–Crippen LogP) is 4.90. The van der Waals surface area contributed by atoms with Crippen LogP contribution in [0.3, 0.4) is 0 Å². The number of nitrogens with zero attached hydrogens (tertiary/aromatic N) is 1. The van der Waals surface area contributed by atoms with Gasteiger partial charge in [0.05, 0.1) is 5.69 Å². The van der Waals surface area contributed by atoms with Gasteiger partial charge in [0.1, 0.15) is 0 Å². The van der Waals surface area contributed by atoms with Crippen LogP contribution in [0.1, 0.15) is 18.5 Å². The highest BCUT2D eigenvalue weighted by molar-refractivity contribution is 6.30. The average Bonchev–Trinajstić information content (AvgIpc) is 3.02. The molecule has 2 N–H and O–H groups in total. The van der Waals surface area contributed by atoms with Gasteiger partial charge in [-0.05, 0) is 42.8 Å². The molecule has 3 aromatic rings. The van der Waals surface area contributed by atoms with Gasteiger partial charge in [0.15, 0.2) is 0 Å². The third-order valence-electron chi connectivity index (χ3n) is 3.41. The number of hydrogen-bond acceptors (Lipinski definition) is 2. The Hall–Kier alpha value is -2.26. The second-order valence-electron chi connectivity index (χ2n) is 4.97. The zero-order valence-corrected chi connectivity index (χ0v) is 12.4. The lowest BCUT2D eigenvalue weighted by Crippen LogP contribution is -2.06. The molecule has 1 heterocycles. The summed E-state index contributed by atoms with van der Waals surface area (Å²) < 4.78 is 0. The largest absolute Gasteiger partial charge is 0.379 e. The molecule has 0 aliphatic heterocycles. The van der Waals surface area contributed by atoms with E-state index in [0.29, 0.717) is 0 Å². The Morgan fingerprint density at radius 2 is 1.95 bits per heavy atom. The Kier molecular flexibility index (Phi) is 3.93. The van der Waals surface area contributed by atoms with Crippen molar-refractivity contribution in [1.82, 2.24) is 10.2 Å². The van der Waals surface area contributed by atoms with Crippen LogP contribution < -0.4 is 5.32 Å². The van der Waals surface area contributed by atoms with Crippen molar-refractivity contribution < 1.29 is 0 Å². The van der Waals surface area contributed by atoms with Gasteiger partial charge in [0.2, 0.25) is 0 Å². The molecule has 3 rings (SSSR count). The fraction of sp³-hybridized carbons (Fsp3) is 0.118. The van der Waals surface area contributed by atoms with Crippen LogP contribution in [0.15, 0.2) is 60.8 Å². The van der Waals surface area contributed by atoms with Crippen LogP contribution in [0.25, 0.3) is 11.3 Å². The first-order chi connectivity index (χ1) is 10.2. The van der Waals surface area contributed by atoms with Gasteiger partial charge in [-0.2, -0.15) is 5.10 Å². The minimum atomic E-state index is 0.181. The highest BCUT2D eigenvalue weighted by atomic mass is 35.5. The highest BCUT2D eigenvalue weighted by Gasteiger charge is 2.07. The maximum absolute atomic E-state index is 6.05. The molecule has 0 radical (unpaired) electrons. The van der Waals surface area contributed by atoms with Crippen molar-refractivity contribution >= 4 is 17.3 Å². The zero-order chi connectivity index (χ0) is 14.7. The number of nitrogens with one attached hydrogen (secondary N) is 2. The van der Waals surface area contributed by atoms with Crippen molar-refractivity contribution in [3.63, 3.8) is 0 Å². The van der Waals surface area contributed by atoms with E-state index < -0.39 is 0 Å². The molecule has 1 atom stereocenters. The first-order valence-corrected chi connectivity index (χ1v) is 7.22. The van der Waals surface area contributed by atoms with Gasteiger partial charge in [0, 0.05) is 28.5 Å². The standard InChI is InChI=1S/C17H16ClN3/c1-12(13-4-2-6-15(18)10-13)20-16-7-3-5-14(11-16)17-8-9-19-21-17/h2-12,20H,1H3,(H,19,21). The summed E-state index contributed by atoms with van der Waals surface area (Å²) in [6.07, 6.45) is 1.75. The van der Waals surface area contributed by atoms with Gasteiger partial charge in [-0.15, -0.1) is 0 Å². The first-order valence-electron chi connectivity index (χ1n) is 6.84. The van der Waals surface area contributed by atoms with Gasteiger partial charge < -0.3 is 5.32 Å². The van der Waals surface area contributed by atoms with Crippen LogP contribution in [0.2, 0.25) is 5.02 Å². The van der Waals surface area contributed by atoms with E-state index in [0.717, 1.165) is 27.5 Å².